The van der Waals surface area contributed by atoms with E-state index in [1.807, 2.05) is 6.07 Å². The van der Waals surface area contributed by atoms with Crippen LogP contribution in [0.4, 0.5) is 4.79 Å². The number of hydroxylamine groups is 1. The number of carbonyl (C=O) groups is 3. The fourth-order valence-corrected chi connectivity index (χ4v) is 5.92. The maximum Gasteiger partial charge on any atom is 0.350 e. The van der Waals surface area contributed by atoms with Gasteiger partial charge in [-0.2, -0.15) is 9.30 Å². The van der Waals surface area contributed by atoms with Gasteiger partial charge in [-0.3, -0.25) is 19.7 Å². The maximum absolute atomic E-state index is 13.2. The molecule has 2 atom stereocenters. The van der Waals surface area contributed by atoms with Crippen LogP contribution in [-0.2, 0) is 19.6 Å². The van der Waals surface area contributed by atoms with Gasteiger partial charge >= 0.3 is 6.03 Å². The summed E-state index contributed by atoms with van der Waals surface area (Å²) in [7, 11) is -3.02. The molecule has 2 aliphatic rings. The monoisotopic (exact) mass is 530 g/mol. The lowest BCUT2D eigenvalue weighted by molar-refractivity contribution is -0.134. The zero-order chi connectivity index (χ0) is 25.9. The summed E-state index contributed by atoms with van der Waals surface area (Å²) in [6.07, 6.45) is 1.32. The first kappa shape index (κ1) is 25.6. The van der Waals surface area contributed by atoms with Crippen molar-refractivity contribution in [2.45, 2.75) is 22.6 Å². The summed E-state index contributed by atoms with van der Waals surface area (Å²) in [6.45, 7) is -0.271. The molecule has 36 heavy (non-hydrogen) atoms. The minimum Gasteiger partial charge on any atom is -0.457 e. The second kappa shape index (κ2) is 10.6. The second-order valence-electron chi connectivity index (χ2n) is 7.82. The Bertz CT molecular complexity index is 1330. The van der Waals surface area contributed by atoms with Crippen molar-refractivity contribution in [3.05, 3.63) is 66.1 Å². The standard InChI is InChI=1S/C23H22N4O7S2/c1-26(36(32,33)17-9-7-16(8-10-17)34-15-5-3-2-4-6-15)19(21(28)25-31)11-13-27-22(29)20-18(12-14-35-20)24-23(27)30/h2-10,12,14,19-20,31H,11,13H2,1H3,(H,25,28). The van der Waals surface area contributed by atoms with Gasteiger partial charge in [0.05, 0.1) is 10.6 Å². The van der Waals surface area contributed by atoms with E-state index in [0.29, 0.717) is 17.2 Å². The average Bonchev–Trinajstić information content (AvgIpc) is 3.35. The molecule has 4 rings (SSSR count). The number of likely N-dealkylation sites (N-methyl/N-ethyl adjacent to an activating group) is 1. The normalized spacial score (nSPS) is 18.1. The van der Waals surface area contributed by atoms with Crippen molar-refractivity contribution in [1.82, 2.24) is 14.7 Å². The van der Waals surface area contributed by atoms with Crippen LogP contribution in [0.5, 0.6) is 11.5 Å². The van der Waals surface area contributed by atoms with Crippen LogP contribution >= 0.6 is 11.8 Å². The van der Waals surface area contributed by atoms with E-state index in [2.05, 4.69) is 4.99 Å². The Kier molecular flexibility index (Phi) is 7.54. The fraction of sp³-hybridized carbons (Fsp3) is 0.217. The number of rotatable bonds is 9. The van der Waals surface area contributed by atoms with E-state index in [1.54, 1.807) is 35.7 Å². The van der Waals surface area contributed by atoms with Crippen LogP contribution in [0.2, 0.25) is 0 Å². The minimum absolute atomic E-state index is 0.117. The molecule has 0 aliphatic carbocycles. The van der Waals surface area contributed by atoms with Crippen LogP contribution in [0.15, 0.2) is 76.0 Å². The highest BCUT2D eigenvalue weighted by Gasteiger charge is 2.40. The summed E-state index contributed by atoms with van der Waals surface area (Å²) in [5.41, 5.74) is 1.81. The van der Waals surface area contributed by atoms with Crippen LogP contribution in [0.3, 0.4) is 0 Å². The number of hydrogen-bond donors (Lipinski definition) is 2. The molecule has 0 radical (unpaired) electrons. The molecule has 2 aromatic rings. The Morgan fingerprint density at radius 3 is 2.50 bits per heavy atom. The number of hydrogen-bond acceptors (Lipinski definition) is 8. The Hall–Kier alpha value is -3.52. The number of ether oxygens (including phenoxy) is 1. The number of nitrogens with one attached hydrogen (secondary N) is 1. The molecule has 0 saturated carbocycles. The van der Waals surface area contributed by atoms with Gasteiger partial charge in [0.15, 0.2) is 0 Å². The van der Waals surface area contributed by atoms with Crippen molar-refractivity contribution in [3.63, 3.8) is 0 Å². The third kappa shape index (κ3) is 5.18. The molecule has 2 N–H and O–H groups in total. The molecule has 0 spiro atoms. The number of benzene rings is 2. The SMILES string of the molecule is CN(C(CCN1C(=O)N=C2C=CSC2C1=O)C(=O)NO)S(=O)(=O)c1ccc(Oc2ccccc2)cc1. The van der Waals surface area contributed by atoms with Gasteiger partial charge in [-0.25, -0.2) is 18.7 Å². The summed E-state index contributed by atoms with van der Waals surface area (Å²) in [5.74, 6) is -0.519. The van der Waals surface area contributed by atoms with Crippen LogP contribution < -0.4 is 10.2 Å². The lowest BCUT2D eigenvalue weighted by atomic mass is 10.1. The molecule has 11 nitrogen and oxygen atoms in total. The van der Waals surface area contributed by atoms with Gasteiger partial charge in [0.1, 0.15) is 22.8 Å². The summed E-state index contributed by atoms with van der Waals surface area (Å²) in [6, 6.07) is 12.3. The molecular weight excluding hydrogens is 508 g/mol. The van der Waals surface area contributed by atoms with Crippen molar-refractivity contribution < 1.29 is 32.7 Å². The van der Waals surface area contributed by atoms with Crippen LogP contribution in [0, 0.1) is 0 Å². The molecule has 2 unspecified atom stereocenters. The molecular formula is C23H22N4O7S2. The van der Waals surface area contributed by atoms with Gasteiger partial charge in [0.2, 0.25) is 15.9 Å². The van der Waals surface area contributed by atoms with Gasteiger partial charge in [-0.05, 0) is 54.3 Å². The number of carbonyl (C=O) groups excluding carboxylic acids is 3. The lowest BCUT2D eigenvalue weighted by Crippen LogP contribution is -2.51. The van der Waals surface area contributed by atoms with Crippen molar-refractivity contribution in [3.8, 4) is 11.5 Å². The van der Waals surface area contributed by atoms with Crippen molar-refractivity contribution in [1.29, 1.82) is 0 Å². The maximum atomic E-state index is 13.2. The average molecular weight is 531 g/mol. The number of para-hydroxylation sites is 1. The quantitative estimate of drug-likeness (QED) is 0.371. The van der Waals surface area contributed by atoms with E-state index in [4.69, 9.17) is 4.74 Å². The molecule has 0 saturated heterocycles. The number of sulfonamides is 1. The molecule has 2 heterocycles. The highest BCUT2D eigenvalue weighted by Crippen LogP contribution is 2.29. The van der Waals surface area contributed by atoms with Gasteiger partial charge in [-0.1, -0.05) is 18.2 Å². The third-order valence-electron chi connectivity index (χ3n) is 5.63. The largest absolute Gasteiger partial charge is 0.457 e. The van der Waals surface area contributed by atoms with E-state index in [1.165, 1.54) is 48.6 Å². The number of fused-ring (bicyclic) bond motifs is 1. The number of allylic oxidation sites excluding steroid dienone is 1. The highest BCUT2D eigenvalue weighted by molar-refractivity contribution is 8.04. The first-order valence-corrected chi connectivity index (χ1v) is 13.1. The Balaban J connectivity index is 1.49. The predicted octanol–water partition coefficient (Wildman–Crippen LogP) is 2.40. The van der Waals surface area contributed by atoms with Gasteiger partial charge in [0.25, 0.3) is 5.91 Å². The molecule has 13 heteroatoms. The zero-order valence-electron chi connectivity index (χ0n) is 19.0. The van der Waals surface area contributed by atoms with Gasteiger partial charge < -0.3 is 4.74 Å². The minimum atomic E-state index is -4.20. The Morgan fingerprint density at radius 2 is 1.83 bits per heavy atom. The van der Waals surface area contributed by atoms with E-state index in [9.17, 15) is 28.0 Å². The third-order valence-corrected chi connectivity index (χ3v) is 8.51. The molecule has 0 fully saturated rings. The van der Waals surface area contributed by atoms with E-state index >= 15 is 0 Å². The van der Waals surface area contributed by atoms with E-state index in [0.717, 1.165) is 9.21 Å². The lowest BCUT2D eigenvalue weighted by Gasteiger charge is -2.30. The molecule has 4 amide bonds. The second-order valence-corrected chi connectivity index (χ2v) is 10.8. The summed E-state index contributed by atoms with van der Waals surface area (Å²) < 4.78 is 32.9. The van der Waals surface area contributed by atoms with Gasteiger partial charge in [0, 0.05) is 13.6 Å². The highest BCUT2D eigenvalue weighted by atomic mass is 32.2. The number of aliphatic imine (C=N–C) groups is 1. The number of imide groups is 1. The summed E-state index contributed by atoms with van der Waals surface area (Å²) in [5, 5.41) is 10.2. The Morgan fingerprint density at radius 1 is 1.17 bits per heavy atom. The zero-order valence-corrected chi connectivity index (χ0v) is 20.6. The molecule has 0 aromatic heterocycles. The summed E-state index contributed by atoms with van der Waals surface area (Å²) in [4.78, 5) is 42.1. The first-order valence-electron chi connectivity index (χ1n) is 10.7. The molecule has 2 aliphatic heterocycles. The van der Waals surface area contributed by atoms with Gasteiger partial charge in [-0.15, -0.1) is 11.8 Å². The predicted molar refractivity (Wildman–Crippen MR) is 131 cm³/mol. The van der Waals surface area contributed by atoms with Crippen molar-refractivity contribution in [2.24, 2.45) is 4.99 Å². The molecule has 0 bridgehead atoms. The number of urea groups is 1. The van der Waals surface area contributed by atoms with E-state index in [-0.39, 0.29) is 17.9 Å². The number of thioether (sulfide) groups is 1. The molecule has 2 aromatic carbocycles. The smallest absolute Gasteiger partial charge is 0.350 e. The van der Waals surface area contributed by atoms with Crippen LogP contribution in [0.25, 0.3) is 0 Å². The molecule has 188 valence electrons. The topological polar surface area (TPSA) is 146 Å². The first-order chi connectivity index (χ1) is 17.2. The van der Waals surface area contributed by atoms with E-state index < -0.39 is 39.2 Å². The van der Waals surface area contributed by atoms with Crippen LogP contribution in [0.1, 0.15) is 6.42 Å². The van der Waals surface area contributed by atoms with Crippen LogP contribution in [-0.4, -0.2) is 71.3 Å². The summed E-state index contributed by atoms with van der Waals surface area (Å²) >= 11 is 1.20. The fourth-order valence-electron chi connectivity index (χ4n) is 3.68. The number of amides is 4. The van der Waals surface area contributed by atoms with Crippen molar-refractivity contribution in [2.75, 3.05) is 13.6 Å². The Labute approximate surface area is 211 Å². The number of nitrogens with zero attached hydrogens (tertiary/aromatic N) is 3. The van der Waals surface area contributed by atoms with Crippen molar-refractivity contribution >= 4 is 45.3 Å².